The Bertz CT molecular complexity index is 1870. The molecule has 0 aliphatic carbocycles. The fourth-order valence-electron chi connectivity index (χ4n) is 6.16. The van der Waals surface area contributed by atoms with Crippen LogP contribution in [-0.2, 0) is 40.4 Å². The maximum atomic E-state index is 12.8. The zero-order valence-electron chi connectivity index (χ0n) is 27.4. The minimum Gasteiger partial charge on any atom is -0.392 e. The number of Topliss-reactive ketones (excluding diaryl/α,β-unsaturated/α-hetero) is 1. The van der Waals surface area contributed by atoms with Gasteiger partial charge in [0.05, 0.1) is 37.7 Å². The Balaban J connectivity index is 1.20. The number of halogens is 2. The van der Waals surface area contributed by atoms with Crippen molar-refractivity contribution >= 4 is 35.0 Å². The lowest BCUT2D eigenvalue weighted by atomic mass is 9.83. The number of benzene rings is 4. The minimum atomic E-state index is -0.736. The molecule has 0 spiro atoms. The van der Waals surface area contributed by atoms with Gasteiger partial charge in [0.2, 0.25) is 0 Å². The largest absolute Gasteiger partial charge is 0.392 e. The number of carbonyl (C=O) groups excluding carboxylic acids is 2. The van der Waals surface area contributed by atoms with Crippen LogP contribution in [0.5, 0.6) is 0 Å². The number of nitrogens with zero attached hydrogens (tertiary/aromatic N) is 2. The highest BCUT2D eigenvalue weighted by Gasteiger charge is 2.42. The molecule has 0 radical (unpaired) electrons. The van der Waals surface area contributed by atoms with Crippen molar-refractivity contribution < 1.29 is 24.2 Å². The number of urea groups is 1. The molecule has 2 heterocycles. The highest BCUT2D eigenvalue weighted by atomic mass is 35.5. The van der Waals surface area contributed by atoms with Crippen LogP contribution in [0.1, 0.15) is 58.6 Å². The molecule has 2 amide bonds. The van der Waals surface area contributed by atoms with Crippen LogP contribution in [0.3, 0.4) is 0 Å². The van der Waals surface area contributed by atoms with Crippen molar-refractivity contribution in [2.45, 2.75) is 63.5 Å². The van der Waals surface area contributed by atoms with Crippen molar-refractivity contribution in [2.75, 3.05) is 0 Å². The van der Waals surface area contributed by atoms with E-state index < -0.39 is 30.6 Å². The lowest BCUT2D eigenvalue weighted by Crippen LogP contribution is -2.46. The molecule has 50 heavy (non-hydrogen) atoms. The van der Waals surface area contributed by atoms with Crippen molar-refractivity contribution in [3.05, 3.63) is 159 Å². The summed E-state index contributed by atoms with van der Waals surface area (Å²) in [5.74, 6) is -0.345. The Morgan fingerprint density at radius 1 is 0.820 bits per heavy atom. The third kappa shape index (κ3) is 8.61. The van der Waals surface area contributed by atoms with E-state index in [2.05, 4.69) is 27.8 Å². The lowest BCUT2D eigenvalue weighted by molar-refractivity contribution is -0.263. The zero-order valence-corrected chi connectivity index (χ0v) is 28.9. The van der Waals surface area contributed by atoms with Gasteiger partial charge in [0.25, 0.3) is 0 Å². The molecule has 1 unspecified atom stereocenters. The molecule has 1 aromatic heterocycles. The van der Waals surface area contributed by atoms with E-state index in [0.29, 0.717) is 18.1 Å². The van der Waals surface area contributed by atoms with E-state index in [4.69, 9.17) is 32.7 Å². The summed E-state index contributed by atoms with van der Waals surface area (Å²) in [5.41, 5.74) is 5.39. The molecular weight excluding hydrogens is 675 g/mol. The zero-order chi connectivity index (χ0) is 35.0. The molecular formula is C39H38Cl2N4O5. The average Bonchev–Trinajstić information content (AvgIpc) is 3.46. The number of amides is 2. The standard InChI is InChI=1S/C39H38Cl2N4O5/c1-25(47)32(20-26-8-4-2-5-9-26)44-39(48)42-21-27-12-18-31(19-13-27)38-49-33(22-45-24-43-36(40)37(45)41)34(29-10-6-3-7-11-29)35(50-38)30-16-14-28(23-46)15-17-30/h2-19,24,32-35,38,46H,20-23H2,1H3,(H2,42,44,48)/t32-,33-,34-,35+,38?/m1/s1. The number of ketones is 1. The molecule has 6 rings (SSSR count). The lowest BCUT2D eigenvalue weighted by Gasteiger charge is -2.43. The Kier molecular flexibility index (Phi) is 11.6. The fourth-order valence-corrected chi connectivity index (χ4v) is 6.47. The molecule has 11 heteroatoms. The number of hydrogen-bond acceptors (Lipinski definition) is 6. The molecule has 1 aliphatic heterocycles. The first kappa shape index (κ1) is 35.3. The quantitative estimate of drug-likeness (QED) is 0.125. The second-order valence-corrected chi connectivity index (χ2v) is 13.0. The van der Waals surface area contributed by atoms with E-state index >= 15 is 0 Å². The SMILES string of the molecule is CC(=O)[C@@H](Cc1ccccc1)NC(=O)NCc1ccc(C2O[C@H](Cn3cnc(Cl)c3Cl)[C@@H](c3ccccc3)[C@H](c3ccc(CO)cc3)O2)cc1. The van der Waals surface area contributed by atoms with Crippen LogP contribution >= 0.6 is 23.2 Å². The van der Waals surface area contributed by atoms with Crippen molar-refractivity contribution in [2.24, 2.45) is 0 Å². The van der Waals surface area contributed by atoms with E-state index in [0.717, 1.165) is 33.4 Å². The fraction of sp³-hybridized carbons (Fsp3) is 0.256. The first-order chi connectivity index (χ1) is 24.3. The van der Waals surface area contributed by atoms with E-state index in [1.54, 1.807) is 10.9 Å². The molecule has 258 valence electrons. The summed E-state index contributed by atoms with van der Waals surface area (Å²) in [7, 11) is 0. The molecule has 3 N–H and O–H groups in total. The monoisotopic (exact) mass is 712 g/mol. The second-order valence-electron chi connectivity index (χ2n) is 12.3. The maximum absolute atomic E-state index is 12.8. The predicted octanol–water partition coefficient (Wildman–Crippen LogP) is 7.32. The summed E-state index contributed by atoms with van der Waals surface area (Å²) < 4.78 is 15.3. The summed E-state index contributed by atoms with van der Waals surface area (Å²) in [6, 6.07) is 34.0. The van der Waals surface area contributed by atoms with Crippen LogP contribution < -0.4 is 10.6 Å². The first-order valence-electron chi connectivity index (χ1n) is 16.4. The van der Waals surface area contributed by atoms with Crippen LogP contribution in [0.15, 0.2) is 116 Å². The summed E-state index contributed by atoms with van der Waals surface area (Å²) in [6.07, 6.45) is 0.459. The smallest absolute Gasteiger partial charge is 0.315 e. The number of carbonyl (C=O) groups is 2. The number of hydrogen-bond donors (Lipinski definition) is 3. The van der Waals surface area contributed by atoms with Gasteiger partial charge in [-0.1, -0.05) is 132 Å². The summed E-state index contributed by atoms with van der Waals surface area (Å²) in [6.45, 7) is 2.04. The number of aromatic nitrogens is 2. The van der Waals surface area contributed by atoms with Crippen molar-refractivity contribution in [1.82, 2.24) is 20.2 Å². The van der Waals surface area contributed by atoms with Gasteiger partial charge in [0.1, 0.15) is 5.15 Å². The number of rotatable bonds is 12. The van der Waals surface area contributed by atoms with Crippen LogP contribution in [0, 0.1) is 0 Å². The highest BCUT2D eigenvalue weighted by molar-refractivity contribution is 6.40. The summed E-state index contributed by atoms with van der Waals surface area (Å²) in [5, 5.41) is 15.9. The molecule has 0 bridgehead atoms. The van der Waals surface area contributed by atoms with E-state index in [9.17, 15) is 14.7 Å². The molecule has 1 fully saturated rings. The van der Waals surface area contributed by atoms with Crippen molar-refractivity contribution in [3.8, 4) is 0 Å². The molecule has 1 aliphatic rings. The third-order valence-corrected chi connectivity index (χ3v) is 9.63. The highest BCUT2D eigenvalue weighted by Crippen LogP contribution is 2.47. The number of imidazole rings is 1. The molecule has 9 nitrogen and oxygen atoms in total. The molecule has 5 atom stereocenters. The van der Waals surface area contributed by atoms with Crippen LogP contribution in [0.25, 0.3) is 0 Å². The number of nitrogens with one attached hydrogen (secondary N) is 2. The number of aliphatic hydroxyl groups excluding tert-OH is 1. The van der Waals surface area contributed by atoms with Gasteiger partial charge in [-0.05, 0) is 41.2 Å². The Morgan fingerprint density at radius 3 is 2.08 bits per heavy atom. The van der Waals surface area contributed by atoms with Gasteiger partial charge in [-0.3, -0.25) is 4.79 Å². The Labute approximate surface area is 301 Å². The molecule has 5 aromatic rings. The number of aliphatic hydroxyl groups is 1. The normalized spacial score (nSPS) is 19.4. The Hall–Kier alpha value is -4.51. The van der Waals surface area contributed by atoms with Crippen LogP contribution in [0.2, 0.25) is 10.3 Å². The van der Waals surface area contributed by atoms with E-state index in [1.807, 2.05) is 97.1 Å². The predicted molar refractivity (Wildman–Crippen MR) is 192 cm³/mol. The van der Waals surface area contributed by atoms with Gasteiger partial charge in [-0.15, -0.1) is 0 Å². The van der Waals surface area contributed by atoms with Gasteiger partial charge in [-0.25, -0.2) is 9.78 Å². The topological polar surface area (TPSA) is 115 Å². The van der Waals surface area contributed by atoms with Gasteiger partial charge in [0.15, 0.2) is 17.2 Å². The first-order valence-corrected chi connectivity index (χ1v) is 17.1. The molecule has 1 saturated heterocycles. The van der Waals surface area contributed by atoms with E-state index in [-0.39, 0.29) is 30.0 Å². The van der Waals surface area contributed by atoms with Crippen LogP contribution in [-0.4, -0.2) is 38.6 Å². The summed E-state index contributed by atoms with van der Waals surface area (Å²) >= 11 is 12.7. The molecule has 4 aromatic carbocycles. The van der Waals surface area contributed by atoms with Gasteiger partial charge < -0.3 is 29.8 Å². The van der Waals surface area contributed by atoms with Gasteiger partial charge in [0, 0.05) is 18.0 Å². The number of ether oxygens (including phenoxy) is 2. The van der Waals surface area contributed by atoms with E-state index in [1.165, 1.54) is 6.92 Å². The minimum absolute atomic E-state index is 0.0595. The van der Waals surface area contributed by atoms with Gasteiger partial charge >= 0.3 is 6.03 Å². The van der Waals surface area contributed by atoms with Crippen LogP contribution in [0.4, 0.5) is 4.79 Å². The Morgan fingerprint density at radius 2 is 1.46 bits per heavy atom. The summed E-state index contributed by atoms with van der Waals surface area (Å²) in [4.78, 5) is 29.2. The maximum Gasteiger partial charge on any atom is 0.315 e. The third-order valence-electron chi connectivity index (χ3n) is 8.86. The average molecular weight is 714 g/mol. The molecule has 0 saturated carbocycles. The van der Waals surface area contributed by atoms with Gasteiger partial charge in [-0.2, -0.15) is 0 Å². The van der Waals surface area contributed by atoms with Crippen molar-refractivity contribution in [3.63, 3.8) is 0 Å². The second kappa shape index (κ2) is 16.5. The van der Waals surface area contributed by atoms with Crippen molar-refractivity contribution in [1.29, 1.82) is 0 Å².